The molecule has 0 aliphatic carbocycles. The summed E-state index contributed by atoms with van der Waals surface area (Å²) in [6, 6.07) is 7.32. The number of esters is 2. The minimum absolute atomic E-state index is 0.215. The van der Waals surface area contributed by atoms with Crippen molar-refractivity contribution >= 4 is 17.7 Å². The smallest absolute Gasteiger partial charge is 0.308 e. The summed E-state index contributed by atoms with van der Waals surface area (Å²) < 4.78 is 9.68. The van der Waals surface area contributed by atoms with Crippen LogP contribution in [0, 0.1) is 6.92 Å². The first kappa shape index (κ1) is 13.0. The maximum absolute atomic E-state index is 10.9. The lowest BCUT2D eigenvalue weighted by molar-refractivity contribution is -0.137. The second-order valence-corrected chi connectivity index (χ2v) is 3.55. The highest BCUT2D eigenvalue weighted by Crippen LogP contribution is 2.17. The van der Waals surface area contributed by atoms with Crippen LogP contribution < -0.4 is 0 Å². The molecule has 0 unspecified atom stereocenters. The van der Waals surface area contributed by atoms with Crippen molar-refractivity contribution in [3.63, 3.8) is 0 Å². The molecule has 0 radical (unpaired) electrons. The van der Waals surface area contributed by atoms with Crippen LogP contribution in [0.15, 0.2) is 30.5 Å². The van der Waals surface area contributed by atoms with Gasteiger partial charge in [0.05, 0.1) is 0 Å². The van der Waals surface area contributed by atoms with Crippen molar-refractivity contribution in [2.75, 3.05) is 0 Å². The lowest BCUT2D eigenvalue weighted by Gasteiger charge is -2.07. The topological polar surface area (TPSA) is 52.6 Å². The molecular formula is C13H14O4. The summed E-state index contributed by atoms with van der Waals surface area (Å²) in [6.07, 6.45) is 1.13. The molecule has 4 heteroatoms. The highest BCUT2D eigenvalue weighted by molar-refractivity contribution is 5.77. The normalized spacial score (nSPS) is 10.9. The van der Waals surface area contributed by atoms with Crippen LogP contribution >= 0.6 is 0 Å². The molecule has 0 heterocycles. The average Bonchev–Trinajstić information content (AvgIpc) is 2.25. The quantitative estimate of drug-likeness (QED) is 0.595. The van der Waals surface area contributed by atoms with E-state index in [1.807, 2.05) is 19.1 Å². The lowest BCUT2D eigenvalue weighted by Crippen LogP contribution is -2.01. The van der Waals surface area contributed by atoms with Gasteiger partial charge in [0.25, 0.3) is 0 Å². The minimum atomic E-state index is -0.471. The minimum Gasteiger partial charge on any atom is -0.431 e. The molecule has 0 aliphatic heterocycles. The molecule has 1 aromatic rings. The summed E-state index contributed by atoms with van der Waals surface area (Å²) in [7, 11) is 0. The van der Waals surface area contributed by atoms with E-state index in [9.17, 15) is 9.59 Å². The van der Waals surface area contributed by atoms with E-state index in [-0.39, 0.29) is 5.76 Å². The monoisotopic (exact) mass is 234 g/mol. The molecule has 1 aromatic carbocycles. The van der Waals surface area contributed by atoms with Gasteiger partial charge in [-0.15, -0.1) is 0 Å². The molecule has 0 bridgehead atoms. The lowest BCUT2D eigenvalue weighted by atomic mass is 10.1. The Bertz CT molecular complexity index is 443. The van der Waals surface area contributed by atoms with Crippen LogP contribution in [0.4, 0.5) is 0 Å². The SMILES string of the molecule is CC(=O)O/C=C(\OC(C)=O)c1ccc(C)cc1. The number of ether oxygens (including phenoxy) is 2. The Morgan fingerprint density at radius 3 is 2.12 bits per heavy atom. The largest absolute Gasteiger partial charge is 0.431 e. The third-order valence-corrected chi connectivity index (χ3v) is 1.92. The summed E-state index contributed by atoms with van der Waals surface area (Å²) >= 11 is 0. The fourth-order valence-corrected chi connectivity index (χ4v) is 1.16. The first-order valence-electron chi connectivity index (χ1n) is 5.12. The Morgan fingerprint density at radius 2 is 1.65 bits per heavy atom. The van der Waals surface area contributed by atoms with Gasteiger partial charge in [-0.05, 0) is 6.92 Å². The van der Waals surface area contributed by atoms with Crippen LogP contribution in [0.1, 0.15) is 25.0 Å². The Balaban J connectivity index is 2.96. The fraction of sp³-hybridized carbons (Fsp3) is 0.231. The molecule has 0 spiro atoms. The van der Waals surface area contributed by atoms with Crippen molar-refractivity contribution in [1.82, 2.24) is 0 Å². The maximum Gasteiger partial charge on any atom is 0.308 e. The van der Waals surface area contributed by atoms with Crippen LogP contribution in [0.25, 0.3) is 5.76 Å². The van der Waals surface area contributed by atoms with Gasteiger partial charge in [-0.2, -0.15) is 0 Å². The van der Waals surface area contributed by atoms with E-state index < -0.39 is 11.9 Å². The van der Waals surface area contributed by atoms with E-state index >= 15 is 0 Å². The van der Waals surface area contributed by atoms with E-state index in [1.54, 1.807) is 12.1 Å². The summed E-state index contributed by atoms with van der Waals surface area (Å²) in [6.45, 7) is 4.51. The van der Waals surface area contributed by atoms with Crippen LogP contribution in [-0.4, -0.2) is 11.9 Å². The van der Waals surface area contributed by atoms with Gasteiger partial charge < -0.3 is 9.47 Å². The van der Waals surface area contributed by atoms with E-state index in [4.69, 9.17) is 9.47 Å². The van der Waals surface area contributed by atoms with Gasteiger partial charge in [0, 0.05) is 19.4 Å². The fourth-order valence-electron chi connectivity index (χ4n) is 1.16. The molecule has 0 saturated heterocycles. The number of aryl methyl sites for hydroxylation is 1. The summed E-state index contributed by atoms with van der Waals surface area (Å²) in [5, 5.41) is 0. The molecule has 90 valence electrons. The molecule has 0 aliphatic rings. The van der Waals surface area contributed by atoms with Gasteiger partial charge in [-0.3, -0.25) is 9.59 Å². The molecule has 17 heavy (non-hydrogen) atoms. The molecular weight excluding hydrogens is 220 g/mol. The average molecular weight is 234 g/mol. The van der Waals surface area contributed by atoms with Gasteiger partial charge in [0.2, 0.25) is 0 Å². The molecule has 4 nitrogen and oxygen atoms in total. The third-order valence-electron chi connectivity index (χ3n) is 1.92. The maximum atomic E-state index is 10.9. The summed E-state index contributed by atoms with van der Waals surface area (Å²) in [5.41, 5.74) is 1.76. The van der Waals surface area contributed by atoms with Crippen molar-refractivity contribution in [2.24, 2.45) is 0 Å². The number of carbonyl (C=O) groups excluding carboxylic acids is 2. The van der Waals surface area contributed by atoms with Crippen molar-refractivity contribution in [3.8, 4) is 0 Å². The summed E-state index contributed by atoms with van der Waals surface area (Å²) in [4.78, 5) is 21.6. The molecule has 0 saturated carbocycles. The Labute approximate surface area is 99.8 Å². The Morgan fingerprint density at radius 1 is 1.06 bits per heavy atom. The second kappa shape index (κ2) is 5.84. The Kier molecular flexibility index (Phi) is 4.46. The third kappa shape index (κ3) is 4.51. The van der Waals surface area contributed by atoms with Gasteiger partial charge >= 0.3 is 11.9 Å². The van der Waals surface area contributed by atoms with Crippen LogP contribution in [0.5, 0.6) is 0 Å². The summed E-state index contributed by atoms with van der Waals surface area (Å²) in [5.74, 6) is -0.724. The van der Waals surface area contributed by atoms with Crippen molar-refractivity contribution < 1.29 is 19.1 Å². The van der Waals surface area contributed by atoms with E-state index in [0.29, 0.717) is 5.56 Å². The standard InChI is InChI=1S/C13H14O4/c1-9-4-6-12(7-5-9)13(17-11(3)15)8-16-10(2)14/h4-8H,1-3H3/b13-8-. The first-order chi connectivity index (χ1) is 7.99. The molecule has 1 rings (SSSR count). The zero-order chi connectivity index (χ0) is 12.8. The number of hydrogen-bond donors (Lipinski definition) is 0. The molecule has 0 fully saturated rings. The zero-order valence-corrected chi connectivity index (χ0v) is 10.0. The highest BCUT2D eigenvalue weighted by atomic mass is 16.6. The predicted molar refractivity (Wildman–Crippen MR) is 62.7 cm³/mol. The van der Waals surface area contributed by atoms with Gasteiger partial charge in [0.1, 0.15) is 6.26 Å². The van der Waals surface area contributed by atoms with Gasteiger partial charge in [0.15, 0.2) is 5.76 Å². The van der Waals surface area contributed by atoms with Crippen molar-refractivity contribution in [2.45, 2.75) is 20.8 Å². The van der Waals surface area contributed by atoms with Gasteiger partial charge in [-0.25, -0.2) is 0 Å². The van der Waals surface area contributed by atoms with Gasteiger partial charge in [-0.1, -0.05) is 29.8 Å². The number of hydrogen-bond acceptors (Lipinski definition) is 4. The molecule has 0 amide bonds. The highest BCUT2D eigenvalue weighted by Gasteiger charge is 2.07. The van der Waals surface area contributed by atoms with E-state index in [1.165, 1.54) is 13.8 Å². The van der Waals surface area contributed by atoms with Crippen LogP contribution in [0.2, 0.25) is 0 Å². The van der Waals surface area contributed by atoms with E-state index in [0.717, 1.165) is 11.8 Å². The molecule has 0 aromatic heterocycles. The number of benzene rings is 1. The first-order valence-corrected chi connectivity index (χ1v) is 5.12. The molecule has 0 N–H and O–H groups in total. The van der Waals surface area contributed by atoms with Crippen LogP contribution in [0.3, 0.4) is 0 Å². The predicted octanol–water partition coefficient (Wildman–Crippen LogP) is 2.42. The van der Waals surface area contributed by atoms with E-state index in [2.05, 4.69) is 0 Å². The van der Waals surface area contributed by atoms with Crippen LogP contribution in [-0.2, 0) is 19.1 Å². The number of rotatable bonds is 3. The van der Waals surface area contributed by atoms with Crippen molar-refractivity contribution in [3.05, 3.63) is 41.7 Å². The second-order valence-electron chi connectivity index (χ2n) is 3.55. The number of carbonyl (C=O) groups is 2. The zero-order valence-electron chi connectivity index (χ0n) is 10.0. The Hall–Kier alpha value is -2.10. The van der Waals surface area contributed by atoms with Crippen molar-refractivity contribution in [1.29, 1.82) is 0 Å². The molecule has 0 atom stereocenters.